The molecule has 0 aliphatic heterocycles. The Hall–Kier alpha value is -1.85. The van der Waals surface area contributed by atoms with Crippen LogP contribution in [0, 0.1) is 0 Å². The van der Waals surface area contributed by atoms with E-state index in [1.807, 2.05) is 25.3 Å². The van der Waals surface area contributed by atoms with Gasteiger partial charge in [-0.25, -0.2) is 0 Å². The Bertz CT molecular complexity index is 454. The second kappa shape index (κ2) is 4.78. The molecule has 5 nitrogen and oxygen atoms in total. The van der Waals surface area contributed by atoms with Gasteiger partial charge in [-0.15, -0.1) is 5.10 Å². The highest BCUT2D eigenvalue weighted by Gasteiger charge is 2.08. The van der Waals surface area contributed by atoms with Crippen molar-refractivity contribution in [2.75, 3.05) is 11.9 Å². The van der Waals surface area contributed by atoms with E-state index < -0.39 is 0 Å². The zero-order valence-electron chi connectivity index (χ0n) is 9.40. The molecule has 0 aromatic carbocycles. The number of aromatic nitrogens is 3. The number of hydrogen-bond acceptors (Lipinski definition) is 5. The van der Waals surface area contributed by atoms with Crippen LogP contribution in [0.5, 0.6) is 0 Å². The molecule has 6 heteroatoms. The van der Waals surface area contributed by atoms with Crippen molar-refractivity contribution in [3.05, 3.63) is 18.3 Å². The van der Waals surface area contributed by atoms with E-state index in [-0.39, 0.29) is 0 Å². The molecule has 82 valence electrons. The molecule has 0 aliphatic rings. The van der Waals surface area contributed by atoms with E-state index in [9.17, 15) is 0 Å². The fraction of sp³-hybridized carbons (Fsp3) is 0.300. The second-order valence-electron chi connectivity index (χ2n) is 3.35. The van der Waals surface area contributed by atoms with Crippen LogP contribution in [0.3, 0.4) is 0 Å². The van der Waals surface area contributed by atoms with Crippen LogP contribution >= 0.6 is 0 Å². The Balaban J connectivity index is 2.21. The van der Waals surface area contributed by atoms with E-state index in [0.29, 0.717) is 17.6 Å². The summed E-state index contributed by atoms with van der Waals surface area (Å²) >= 11 is 0. The van der Waals surface area contributed by atoms with Crippen LogP contribution < -0.4 is 10.8 Å². The Morgan fingerprint density at radius 3 is 2.88 bits per heavy atom. The van der Waals surface area contributed by atoms with Crippen molar-refractivity contribution in [3.8, 4) is 11.6 Å². The molecule has 0 spiro atoms. The first-order valence-corrected chi connectivity index (χ1v) is 5.36. The lowest BCUT2D eigenvalue weighted by atomic mass is 9.74. The van der Waals surface area contributed by atoms with Gasteiger partial charge in [-0.2, -0.15) is 0 Å². The number of nitrogens with zero attached hydrogens (tertiary/aromatic N) is 3. The van der Waals surface area contributed by atoms with Gasteiger partial charge in [-0.1, -0.05) is 23.5 Å². The third-order valence-electron chi connectivity index (χ3n) is 2.21. The topological polar surface area (TPSA) is 63.8 Å². The minimum absolute atomic E-state index is 0.430. The molecule has 0 atom stereocenters. The molecule has 0 saturated heterocycles. The zero-order valence-corrected chi connectivity index (χ0v) is 9.40. The maximum Gasteiger partial charge on any atom is 0.315 e. The van der Waals surface area contributed by atoms with E-state index >= 15 is 0 Å². The molecule has 1 N–H and O–H groups in total. The average molecular weight is 216 g/mol. The molecular weight excluding hydrogens is 203 g/mol. The first-order chi connectivity index (χ1) is 7.83. The summed E-state index contributed by atoms with van der Waals surface area (Å²) in [7, 11) is 0.972. The Morgan fingerprint density at radius 2 is 2.25 bits per heavy atom. The largest absolute Gasteiger partial charge is 0.402 e. The SMILES string of the molecule is CBc1ccc(-c2nnc(NCC)o2)nc1. The summed E-state index contributed by atoms with van der Waals surface area (Å²) < 4.78 is 5.39. The first kappa shape index (κ1) is 10.7. The average Bonchev–Trinajstić information content (AvgIpc) is 2.78. The minimum Gasteiger partial charge on any atom is -0.402 e. The van der Waals surface area contributed by atoms with Crippen molar-refractivity contribution >= 4 is 18.8 Å². The monoisotopic (exact) mass is 216 g/mol. The highest BCUT2D eigenvalue weighted by Crippen LogP contribution is 2.15. The Kier molecular flexibility index (Phi) is 3.19. The van der Waals surface area contributed by atoms with Crippen LogP contribution in [0.25, 0.3) is 11.6 Å². The van der Waals surface area contributed by atoms with E-state index in [2.05, 4.69) is 27.3 Å². The Labute approximate surface area is 94.5 Å². The van der Waals surface area contributed by atoms with Gasteiger partial charge in [0.25, 0.3) is 5.89 Å². The third kappa shape index (κ3) is 2.21. The van der Waals surface area contributed by atoms with E-state index in [1.165, 1.54) is 5.46 Å². The molecular formula is C10H13BN4O. The van der Waals surface area contributed by atoms with Crippen molar-refractivity contribution in [2.45, 2.75) is 13.7 Å². The van der Waals surface area contributed by atoms with Gasteiger partial charge in [-0.3, -0.25) is 4.98 Å². The van der Waals surface area contributed by atoms with Gasteiger partial charge in [0.15, 0.2) is 7.28 Å². The maximum absolute atomic E-state index is 5.39. The minimum atomic E-state index is 0.430. The summed E-state index contributed by atoms with van der Waals surface area (Å²) in [5.41, 5.74) is 1.89. The fourth-order valence-electron chi connectivity index (χ4n) is 1.31. The second-order valence-corrected chi connectivity index (χ2v) is 3.35. The van der Waals surface area contributed by atoms with Gasteiger partial charge < -0.3 is 9.73 Å². The summed E-state index contributed by atoms with van der Waals surface area (Å²) in [6.07, 6.45) is 1.83. The molecule has 2 aromatic rings. The first-order valence-electron chi connectivity index (χ1n) is 5.36. The Morgan fingerprint density at radius 1 is 1.38 bits per heavy atom. The van der Waals surface area contributed by atoms with Crippen LogP contribution in [0.2, 0.25) is 6.82 Å². The standard InChI is InChI=1S/C10H13BN4O/c1-3-12-10-15-14-9(16-10)8-5-4-7(11-2)6-13-8/h4-6,11H,3H2,1-2H3,(H,12,15). The summed E-state index contributed by atoms with van der Waals surface area (Å²) in [5, 5.41) is 10.7. The van der Waals surface area contributed by atoms with Gasteiger partial charge in [0.1, 0.15) is 5.69 Å². The summed E-state index contributed by atoms with van der Waals surface area (Å²) in [6, 6.07) is 4.33. The quantitative estimate of drug-likeness (QED) is 0.761. The van der Waals surface area contributed by atoms with Gasteiger partial charge in [0.05, 0.1) is 0 Å². The van der Waals surface area contributed by atoms with Crippen molar-refractivity contribution in [3.63, 3.8) is 0 Å². The number of hydrogen-bond donors (Lipinski definition) is 1. The highest BCUT2D eigenvalue weighted by molar-refractivity contribution is 6.51. The predicted molar refractivity (Wildman–Crippen MR) is 64.3 cm³/mol. The van der Waals surface area contributed by atoms with Crippen LogP contribution in [0.4, 0.5) is 6.01 Å². The van der Waals surface area contributed by atoms with Crippen LogP contribution in [-0.2, 0) is 0 Å². The number of anilines is 1. The van der Waals surface area contributed by atoms with Gasteiger partial charge in [0, 0.05) is 12.7 Å². The highest BCUT2D eigenvalue weighted by atomic mass is 16.4. The number of nitrogens with one attached hydrogen (secondary N) is 1. The fourth-order valence-corrected chi connectivity index (χ4v) is 1.31. The van der Waals surface area contributed by atoms with Crippen LogP contribution in [-0.4, -0.2) is 29.0 Å². The maximum atomic E-state index is 5.39. The van der Waals surface area contributed by atoms with E-state index in [0.717, 1.165) is 13.8 Å². The molecule has 0 radical (unpaired) electrons. The van der Waals surface area contributed by atoms with Crippen molar-refractivity contribution in [1.82, 2.24) is 15.2 Å². The summed E-state index contributed by atoms with van der Waals surface area (Å²) in [6.45, 7) is 4.81. The molecule has 16 heavy (non-hydrogen) atoms. The van der Waals surface area contributed by atoms with E-state index in [4.69, 9.17) is 4.42 Å². The predicted octanol–water partition coefficient (Wildman–Crippen LogP) is 0.673. The normalized spacial score (nSPS) is 10.1. The number of pyridine rings is 1. The van der Waals surface area contributed by atoms with Gasteiger partial charge >= 0.3 is 6.01 Å². The molecule has 2 heterocycles. The van der Waals surface area contributed by atoms with Gasteiger partial charge in [0.2, 0.25) is 0 Å². The van der Waals surface area contributed by atoms with E-state index in [1.54, 1.807) is 0 Å². The summed E-state index contributed by atoms with van der Waals surface area (Å²) in [4.78, 5) is 4.27. The molecule has 0 amide bonds. The third-order valence-corrected chi connectivity index (χ3v) is 2.21. The smallest absolute Gasteiger partial charge is 0.315 e. The number of rotatable bonds is 4. The molecule has 0 bridgehead atoms. The van der Waals surface area contributed by atoms with Crippen LogP contribution in [0.1, 0.15) is 6.92 Å². The lowest BCUT2D eigenvalue weighted by Crippen LogP contribution is -2.10. The van der Waals surface area contributed by atoms with Crippen molar-refractivity contribution < 1.29 is 4.42 Å². The molecule has 0 aliphatic carbocycles. The zero-order chi connectivity index (χ0) is 11.4. The lowest BCUT2D eigenvalue weighted by Gasteiger charge is -1.96. The van der Waals surface area contributed by atoms with Crippen molar-refractivity contribution in [1.29, 1.82) is 0 Å². The van der Waals surface area contributed by atoms with Gasteiger partial charge in [-0.05, 0) is 13.0 Å². The van der Waals surface area contributed by atoms with Crippen molar-refractivity contribution in [2.24, 2.45) is 0 Å². The summed E-state index contributed by atoms with van der Waals surface area (Å²) in [5.74, 6) is 0.443. The molecule has 0 saturated carbocycles. The molecule has 2 rings (SSSR count). The molecule has 0 unspecified atom stereocenters. The molecule has 2 aromatic heterocycles. The molecule has 0 fully saturated rings. The lowest BCUT2D eigenvalue weighted by molar-refractivity contribution is 0.580. The van der Waals surface area contributed by atoms with Crippen LogP contribution in [0.15, 0.2) is 22.7 Å².